The first-order valence-electron chi connectivity index (χ1n) is 6.15. The lowest BCUT2D eigenvalue weighted by Crippen LogP contribution is -1.85. The Labute approximate surface area is 114 Å². The number of hydrogen-bond acceptors (Lipinski definition) is 0. The van der Waals surface area contributed by atoms with Crippen LogP contribution >= 0.6 is 0 Å². The molecule has 1 aromatic heterocycles. The quantitative estimate of drug-likeness (QED) is 0.701. The fraction of sp³-hybridized carbons (Fsp3) is 0.0625. The zero-order valence-corrected chi connectivity index (χ0v) is 10.5. The number of fused-ring (bicyclic) bond motifs is 1. The molecule has 1 radical (unpaired) electrons. The van der Waals surface area contributed by atoms with Crippen LogP contribution in [0.25, 0.3) is 22.2 Å². The topological polar surface area (TPSA) is 15.8 Å². The molecule has 3 aromatic rings. The summed E-state index contributed by atoms with van der Waals surface area (Å²) in [6, 6.07) is 7.94. The van der Waals surface area contributed by atoms with E-state index in [1.54, 1.807) is 12.1 Å². The SMILES string of the molecule is [CH2]Cc1c(-c2ccc(F)cc2)[nH]c2c(F)cc(F)cc12. The van der Waals surface area contributed by atoms with Crippen molar-refractivity contribution in [3.8, 4) is 11.3 Å². The van der Waals surface area contributed by atoms with Gasteiger partial charge in [0.05, 0.1) is 5.52 Å². The fourth-order valence-electron chi connectivity index (χ4n) is 2.40. The number of benzene rings is 2. The lowest BCUT2D eigenvalue weighted by atomic mass is 10.0. The van der Waals surface area contributed by atoms with Gasteiger partial charge in [-0.15, -0.1) is 0 Å². The maximum absolute atomic E-state index is 13.8. The molecule has 3 rings (SSSR count). The molecular formula is C16H11F3N. The van der Waals surface area contributed by atoms with Crippen LogP contribution in [0.3, 0.4) is 0 Å². The Morgan fingerprint density at radius 3 is 2.30 bits per heavy atom. The molecule has 0 aliphatic rings. The molecule has 0 fully saturated rings. The van der Waals surface area contributed by atoms with Crippen LogP contribution < -0.4 is 0 Å². The van der Waals surface area contributed by atoms with Crippen LogP contribution in [0, 0.1) is 24.4 Å². The first-order chi connectivity index (χ1) is 9.60. The second kappa shape index (κ2) is 4.71. The summed E-state index contributed by atoms with van der Waals surface area (Å²) < 4.78 is 40.1. The second-order valence-electron chi connectivity index (χ2n) is 4.55. The van der Waals surface area contributed by atoms with Gasteiger partial charge in [0.1, 0.15) is 17.5 Å². The highest BCUT2D eigenvalue weighted by atomic mass is 19.1. The number of H-pyrrole nitrogens is 1. The van der Waals surface area contributed by atoms with Gasteiger partial charge in [0.15, 0.2) is 0 Å². The number of aromatic amines is 1. The smallest absolute Gasteiger partial charge is 0.150 e. The van der Waals surface area contributed by atoms with E-state index in [0.29, 0.717) is 28.6 Å². The third-order valence-corrected chi connectivity index (χ3v) is 3.31. The van der Waals surface area contributed by atoms with Crippen molar-refractivity contribution in [3.05, 3.63) is 66.3 Å². The molecule has 20 heavy (non-hydrogen) atoms. The van der Waals surface area contributed by atoms with Gasteiger partial charge in [-0.2, -0.15) is 0 Å². The molecule has 0 unspecified atom stereocenters. The predicted octanol–water partition coefficient (Wildman–Crippen LogP) is 4.63. The van der Waals surface area contributed by atoms with Crippen LogP contribution in [0.1, 0.15) is 5.56 Å². The van der Waals surface area contributed by atoms with Gasteiger partial charge < -0.3 is 4.98 Å². The summed E-state index contributed by atoms with van der Waals surface area (Å²) >= 11 is 0. The number of aromatic nitrogens is 1. The third kappa shape index (κ3) is 1.97. The summed E-state index contributed by atoms with van der Waals surface area (Å²) in [6.45, 7) is 3.80. The maximum Gasteiger partial charge on any atom is 0.150 e. The molecule has 0 spiro atoms. The standard InChI is InChI=1S/C16H11F3N/c1-2-12-13-7-11(18)8-14(19)16(13)20-15(12)9-3-5-10(17)6-4-9/h3-8,20H,1-2H2. The van der Waals surface area contributed by atoms with Crippen molar-refractivity contribution in [1.29, 1.82) is 0 Å². The van der Waals surface area contributed by atoms with Crippen LogP contribution in [-0.2, 0) is 6.42 Å². The van der Waals surface area contributed by atoms with E-state index in [1.807, 2.05) is 0 Å². The summed E-state index contributed by atoms with van der Waals surface area (Å²) in [5, 5.41) is 0.469. The van der Waals surface area contributed by atoms with E-state index in [1.165, 1.54) is 18.2 Å². The van der Waals surface area contributed by atoms with E-state index in [-0.39, 0.29) is 11.3 Å². The van der Waals surface area contributed by atoms with E-state index in [2.05, 4.69) is 11.9 Å². The molecule has 0 aliphatic carbocycles. The lowest BCUT2D eigenvalue weighted by Gasteiger charge is -2.02. The Hall–Kier alpha value is -2.23. The average molecular weight is 274 g/mol. The summed E-state index contributed by atoms with van der Waals surface area (Å²) in [5.74, 6) is -1.63. The summed E-state index contributed by atoms with van der Waals surface area (Å²) in [5.41, 5.74) is 2.30. The van der Waals surface area contributed by atoms with Crippen molar-refractivity contribution in [2.45, 2.75) is 6.42 Å². The Bertz CT molecular complexity index is 773. The monoisotopic (exact) mass is 274 g/mol. The molecule has 1 heterocycles. The second-order valence-corrected chi connectivity index (χ2v) is 4.55. The molecule has 0 atom stereocenters. The third-order valence-electron chi connectivity index (χ3n) is 3.31. The van der Waals surface area contributed by atoms with Crippen molar-refractivity contribution in [1.82, 2.24) is 4.98 Å². The predicted molar refractivity (Wildman–Crippen MR) is 72.7 cm³/mol. The summed E-state index contributed by atoms with van der Waals surface area (Å²) in [4.78, 5) is 2.94. The lowest BCUT2D eigenvalue weighted by molar-refractivity contribution is 0.591. The van der Waals surface area contributed by atoms with Crippen molar-refractivity contribution in [2.24, 2.45) is 0 Å². The van der Waals surface area contributed by atoms with Gasteiger partial charge >= 0.3 is 0 Å². The molecule has 0 amide bonds. The first kappa shape index (κ1) is 12.8. The van der Waals surface area contributed by atoms with E-state index in [9.17, 15) is 13.2 Å². The molecule has 0 saturated carbocycles. The minimum Gasteiger partial charge on any atom is -0.352 e. The van der Waals surface area contributed by atoms with Crippen molar-refractivity contribution >= 4 is 10.9 Å². The minimum atomic E-state index is -0.650. The maximum atomic E-state index is 13.8. The van der Waals surface area contributed by atoms with Crippen LogP contribution in [0.2, 0.25) is 0 Å². The molecule has 0 saturated heterocycles. The molecule has 1 N–H and O–H groups in total. The summed E-state index contributed by atoms with van der Waals surface area (Å²) in [6.07, 6.45) is 0.371. The zero-order chi connectivity index (χ0) is 14.3. The van der Waals surface area contributed by atoms with Crippen LogP contribution in [0.4, 0.5) is 13.2 Å². The Balaban J connectivity index is 2.30. The Morgan fingerprint density at radius 2 is 1.65 bits per heavy atom. The Kier molecular flexibility index (Phi) is 3.01. The Morgan fingerprint density at radius 1 is 0.950 bits per heavy atom. The molecule has 4 heteroatoms. The fourth-order valence-corrected chi connectivity index (χ4v) is 2.40. The van der Waals surface area contributed by atoms with Crippen molar-refractivity contribution < 1.29 is 13.2 Å². The van der Waals surface area contributed by atoms with E-state index in [4.69, 9.17) is 0 Å². The van der Waals surface area contributed by atoms with E-state index < -0.39 is 11.6 Å². The highest BCUT2D eigenvalue weighted by molar-refractivity contribution is 5.91. The molecule has 2 aromatic carbocycles. The van der Waals surface area contributed by atoms with Crippen LogP contribution in [-0.4, -0.2) is 4.98 Å². The number of hydrogen-bond donors (Lipinski definition) is 1. The molecule has 0 bridgehead atoms. The highest BCUT2D eigenvalue weighted by Gasteiger charge is 2.15. The molecule has 101 valence electrons. The van der Waals surface area contributed by atoms with Gasteiger partial charge in [-0.3, -0.25) is 0 Å². The van der Waals surface area contributed by atoms with Crippen LogP contribution in [0.5, 0.6) is 0 Å². The minimum absolute atomic E-state index is 0.240. The van der Waals surface area contributed by atoms with Crippen molar-refractivity contribution in [3.63, 3.8) is 0 Å². The van der Waals surface area contributed by atoms with Gasteiger partial charge in [-0.1, -0.05) is 0 Å². The van der Waals surface area contributed by atoms with Crippen LogP contribution in [0.15, 0.2) is 36.4 Å². The number of nitrogens with one attached hydrogen (secondary N) is 1. The highest BCUT2D eigenvalue weighted by Crippen LogP contribution is 2.32. The molecule has 1 nitrogen and oxygen atoms in total. The van der Waals surface area contributed by atoms with Gasteiger partial charge in [0, 0.05) is 17.1 Å². The normalized spacial score (nSPS) is 11.2. The average Bonchev–Trinajstić information content (AvgIpc) is 2.78. The van der Waals surface area contributed by atoms with Gasteiger partial charge in [-0.05, 0) is 54.8 Å². The number of halogens is 3. The van der Waals surface area contributed by atoms with E-state index in [0.717, 1.165) is 6.07 Å². The van der Waals surface area contributed by atoms with Gasteiger partial charge in [0.25, 0.3) is 0 Å². The molecule has 0 aliphatic heterocycles. The van der Waals surface area contributed by atoms with Gasteiger partial charge in [-0.25, -0.2) is 13.2 Å². The zero-order valence-electron chi connectivity index (χ0n) is 10.5. The van der Waals surface area contributed by atoms with E-state index >= 15 is 0 Å². The van der Waals surface area contributed by atoms with Gasteiger partial charge in [0.2, 0.25) is 0 Å². The largest absolute Gasteiger partial charge is 0.352 e. The first-order valence-corrected chi connectivity index (χ1v) is 6.15. The summed E-state index contributed by atoms with van der Waals surface area (Å²) in [7, 11) is 0. The molecular weight excluding hydrogens is 263 g/mol. The van der Waals surface area contributed by atoms with Crippen molar-refractivity contribution in [2.75, 3.05) is 0 Å². The number of rotatable bonds is 2.